The molecule has 1 heterocycles. The summed E-state index contributed by atoms with van der Waals surface area (Å²) >= 11 is 0. The number of rotatable bonds is 5. The summed E-state index contributed by atoms with van der Waals surface area (Å²) in [5.74, 6) is -2.84. The van der Waals surface area contributed by atoms with Crippen LogP contribution in [0.15, 0.2) is 42.5 Å². The third-order valence-electron chi connectivity index (χ3n) is 3.65. The molecule has 2 aromatic carbocycles. The molecular formula is C17H15F2NO5S. The number of carbonyl (C=O) groups is 1. The number of benzene rings is 2. The molecule has 1 N–H and O–H groups in total. The second-order valence-corrected chi connectivity index (χ2v) is 7.41. The Hall–Kier alpha value is -2.68. The van der Waals surface area contributed by atoms with Crippen molar-refractivity contribution in [1.82, 2.24) is 4.72 Å². The predicted octanol–water partition coefficient (Wildman–Crippen LogP) is 2.14. The minimum absolute atomic E-state index is 0.0758. The Morgan fingerprint density at radius 3 is 2.42 bits per heavy atom. The van der Waals surface area contributed by atoms with Crippen LogP contribution in [-0.4, -0.2) is 27.0 Å². The highest BCUT2D eigenvalue weighted by molar-refractivity contribution is 7.89. The average Bonchev–Trinajstić information content (AvgIpc) is 2.57. The Balaban J connectivity index is 1.61. The number of carbonyl (C=O) groups excluding carboxylic acids is 1. The standard InChI is InChI=1S/C17H15F2NO5S/c18-13-4-3-5-14(19)12(13)10-26(22,23)20-17(21)8-11-9-24-15-6-1-2-7-16(15)25-11/h1-7,11H,8-10H2,(H,20,21). The fourth-order valence-electron chi connectivity index (χ4n) is 2.48. The Morgan fingerprint density at radius 2 is 1.73 bits per heavy atom. The lowest BCUT2D eigenvalue weighted by molar-refractivity contribution is -0.121. The van der Waals surface area contributed by atoms with Crippen molar-refractivity contribution >= 4 is 15.9 Å². The Morgan fingerprint density at radius 1 is 1.08 bits per heavy atom. The SMILES string of the molecule is O=C(CC1COc2ccccc2O1)NS(=O)(=O)Cc1c(F)cccc1F. The lowest BCUT2D eigenvalue weighted by Crippen LogP contribution is -2.38. The first kappa shape index (κ1) is 18.1. The quantitative estimate of drug-likeness (QED) is 0.856. The van der Waals surface area contributed by atoms with Gasteiger partial charge in [0.05, 0.1) is 6.42 Å². The molecule has 3 rings (SSSR count). The molecule has 26 heavy (non-hydrogen) atoms. The molecule has 0 aromatic heterocycles. The van der Waals surface area contributed by atoms with Crippen molar-refractivity contribution < 1.29 is 31.5 Å². The summed E-state index contributed by atoms with van der Waals surface area (Å²) in [6, 6.07) is 9.89. The molecular weight excluding hydrogens is 368 g/mol. The Labute approximate surface area is 148 Å². The van der Waals surface area contributed by atoms with E-state index < -0.39 is 45.0 Å². The monoisotopic (exact) mass is 383 g/mol. The van der Waals surface area contributed by atoms with E-state index in [9.17, 15) is 22.0 Å². The number of para-hydroxylation sites is 2. The molecule has 0 fully saturated rings. The largest absolute Gasteiger partial charge is 0.486 e. The highest BCUT2D eigenvalue weighted by Crippen LogP contribution is 2.31. The zero-order valence-electron chi connectivity index (χ0n) is 13.4. The summed E-state index contributed by atoms with van der Waals surface area (Å²) in [5, 5.41) is 0. The number of fused-ring (bicyclic) bond motifs is 1. The van der Waals surface area contributed by atoms with E-state index in [0.717, 1.165) is 18.2 Å². The van der Waals surface area contributed by atoms with Crippen LogP contribution in [0.1, 0.15) is 12.0 Å². The topological polar surface area (TPSA) is 81.7 Å². The van der Waals surface area contributed by atoms with Crippen LogP contribution >= 0.6 is 0 Å². The fraction of sp³-hybridized carbons (Fsp3) is 0.235. The van der Waals surface area contributed by atoms with Gasteiger partial charge >= 0.3 is 0 Å². The van der Waals surface area contributed by atoms with Crippen LogP contribution in [0.2, 0.25) is 0 Å². The Kier molecular flexibility index (Phi) is 5.08. The second-order valence-electron chi connectivity index (χ2n) is 5.69. The fourth-order valence-corrected chi connectivity index (χ4v) is 3.64. The number of hydrogen-bond acceptors (Lipinski definition) is 5. The molecule has 9 heteroatoms. The van der Waals surface area contributed by atoms with E-state index >= 15 is 0 Å². The van der Waals surface area contributed by atoms with E-state index in [0.29, 0.717) is 11.5 Å². The molecule has 6 nitrogen and oxygen atoms in total. The molecule has 1 atom stereocenters. The molecule has 1 aliphatic heterocycles. The molecule has 1 unspecified atom stereocenters. The number of amides is 1. The maximum Gasteiger partial charge on any atom is 0.239 e. The van der Waals surface area contributed by atoms with Crippen molar-refractivity contribution in [1.29, 1.82) is 0 Å². The van der Waals surface area contributed by atoms with Crippen LogP contribution in [0.3, 0.4) is 0 Å². The third-order valence-corrected chi connectivity index (χ3v) is 4.85. The van der Waals surface area contributed by atoms with Gasteiger partial charge in [-0.15, -0.1) is 0 Å². The number of nitrogens with one attached hydrogen (secondary N) is 1. The smallest absolute Gasteiger partial charge is 0.239 e. The summed E-state index contributed by atoms with van der Waals surface area (Å²) in [7, 11) is -4.27. The van der Waals surface area contributed by atoms with Gasteiger partial charge in [-0.25, -0.2) is 17.2 Å². The van der Waals surface area contributed by atoms with Crippen molar-refractivity contribution in [2.75, 3.05) is 6.61 Å². The van der Waals surface area contributed by atoms with E-state index in [4.69, 9.17) is 9.47 Å². The molecule has 0 radical (unpaired) electrons. The predicted molar refractivity (Wildman–Crippen MR) is 88.1 cm³/mol. The molecule has 0 saturated carbocycles. The van der Waals surface area contributed by atoms with Gasteiger partial charge in [0.2, 0.25) is 15.9 Å². The first-order chi connectivity index (χ1) is 12.3. The van der Waals surface area contributed by atoms with Gasteiger partial charge in [0.25, 0.3) is 0 Å². The van der Waals surface area contributed by atoms with Gasteiger partial charge < -0.3 is 9.47 Å². The lowest BCUT2D eigenvalue weighted by Gasteiger charge is -2.25. The van der Waals surface area contributed by atoms with E-state index in [2.05, 4.69) is 0 Å². The van der Waals surface area contributed by atoms with Crippen molar-refractivity contribution in [2.24, 2.45) is 0 Å². The van der Waals surface area contributed by atoms with Crippen LogP contribution < -0.4 is 14.2 Å². The van der Waals surface area contributed by atoms with Gasteiger partial charge in [-0.05, 0) is 24.3 Å². The van der Waals surface area contributed by atoms with Crippen LogP contribution in [0.4, 0.5) is 8.78 Å². The maximum atomic E-state index is 13.6. The molecule has 138 valence electrons. The minimum atomic E-state index is -4.27. The van der Waals surface area contributed by atoms with E-state index in [1.165, 1.54) is 0 Å². The first-order valence-corrected chi connectivity index (χ1v) is 9.34. The summed E-state index contributed by atoms with van der Waals surface area (Å²) in [5.41, 5.74) is -0.626. The van der Waals surface area contributed by atoms with Crippen molar-refractivity contribution in [3.05, 3.63) is 59.7 Å². The van der Waals surface area contributed by atoms with Crippen molar-refractivity contribution in [3.63, 3.8) is 0 Å². The molecule has 1 amide bonds. The van der Waals surface area contributed by atoms with E-state index in [-0.39, 0.29) is 13.0 Å². The summed E-state index contributed by atoms with van der Waals surface area (Å²) < 4.78 is 64.0. The summed E-state index contributed by atoms with van der Waals surface area (Å²) in [4.78, 5) is 12.0. The number of hydrogen-bond donors (Lipinski definition) is 1. The van der Waals surface area contributed by atoms with E-state index in [1.807, 2.05) is 0 Å². The van der Waals surface area contributed by atoms with Crippen molar-refractivity contribution in [3.8, 4) is 11.5 Å². The van der Waals surface area contributed by atoms with Gasteiger partial charge in [0.15, 0.2) is 11.5 Å². The minimum Gasteiger partial charge on any atom is -0.486 e. The van der Waals surface area contributed by atoms with Crippen LogP contribution in [0.5, 0.6) is 11.5 Å². The van der Waals surface area contributed by atoms with Gasteiger partial charge in [-0.2, -0.15) is 0 Å². The van der Waals surface area contributed by atoms with Crippen LogP contribution in [0.25, 0.3) is 0 Å². The Bertz CT molecular complexity index is 912. The van der Waals surface area contributed by atoms with Crippen molar-refractivity contribution in [2.45, 2.75) is 18.3 Å². The summed E-state index contributed by atoms with van der Waals surface area (Å²) in [6.07, 6.45) is -0.960. The second kappa shape index (κ2) is 7.28. The molecule has 0 aliphatic carbocycles. The molecule has 0 saturated heterocycles. The number of halogens is 2. The van der Waals surface area contributed by atoms with Crippen LogP contribution in [0, 0.1) is 11.6 Å². The van der Waals surface area contributed by atoms with Gasteiger partial charge in [-0.1, -0.05) is 18.2 Å². The number of sulfonamides is 1. The van der Waals surface area contributed by atoms with Gasteiger partial charge in [-0.3, -0.25) is 9.52 Å². The zero-order chi connectivity index (χ0) is 18.7. The maximum absolute atomic E-state index is 13.6. The normalized spacial score (nSPS) is 16.2. The number of ether oxygens (including phenoxy) is 2. The van der Waals surface area contributed by atoms with Gasteiger partial charge in [0, 0.05) is 5.56 Å². The molecule has 1 aliphatic rings. The lowest BCUT2D eigenvalue weighted by atomic mass is 10.2. The zero-order valence-corrected chi connectivity index (χ0v) is 14.3. The molecule has 2 aromatic rings. The molecule has 0 spiro atoms. The first-order valence-electron chi connectivity index (χ1n) is 7.69. The summed E-state index contributed by atoms with van der Waals surface area (Å²) in [6.45, 7) is 0.0758. The highest BCUT2D eigenvalue weighted by atomic mass is 32.2. The molecule has 0 bridgehead atoms. The van der Waals surface area contributed by atoms with Crippen LogP contribution in [-0.2, 0) is 20.6 Å². The average molecular weight is 383 g/mol. The van der Waals surface area contributed by atoms with Gasteiger partial charge in [0.1, 0.15) is 30.1 Å². The highest BCUT2D eigenvalue weighted by Gasteiger charge is 2.26. The van der Waals surface area contributed by atoms with E-state index in [1.54, 1.807) is 29.0 Å². The third kappa shape index (κ3) is 4.29.